The first-order chi connectivity index (χ1) is 18.7. The number of sulfone groups is 1. The minimum Gasteiger partial charge on any atom is -0.465 e. The van der Waals surface area contributed by atoms with Gasteiger partial charge in [0.05, 0.1) is 45.0 Å². The zero-order valence-corrected chi connectivity index (χ0v) is 23.5. The van der Waals surface area contributed by atoms with Crippen molar-refractivity contribution in [3.05, 3.63) is 67.7 Å². The molecule has 3 aromatic rings. The van der Waals surface area contributed by atoms with Gasteiger partial charge in [-0.25, -0.2) is 18.2 Å². The zero-order chi connectivity index (χ0) is 29.4. The lowest BCUT2D eigenvalue weighted by atomic mass is 10.0. The number of benzene rings is 2. The standard InChI is InChI=1S/C25H25Cl2F3N4O5S/c1-2-40(38,39)20-6-5-15(26)8-14(20)10-34-13-31-22-17(23(34)35)9-19(25(28,29)30)18(21(22)27)12-33-7-3-4-16(11-33)32-24(36)37/h5-6,8-9,13,16,32H,2-4,7,10-12H2,1H3,(H,36,37)/t16-/m1/s1. The molecule has 0 spiro atoms. The summed E-state index contributed by atoms with van der Waals surface area (Å²) in [5.74, 6) is -0.204. The molecule has 0 radical (unpaired) electrons. The van der Waals surface area contributed by atoms with Crippen LogP contribution in [0.1, 0.15) is 36.5 Å². The summed E-state index contributed by atoms with van der Waals surface area (Å²) < 4.78 is 68.8. The van der Waals surface area contributed by atoms with E-state index in [9.17, 15) is 31.2 Å². The van der Waals surface area contributed by atoms with Gasteiger partial charge < -0.3 is 10.4 Å². The molecule has 15 heteroatoms. The van der Waals surface area contributed by atoms with E-state index in [-0.39, 0.29) is 62.4 Å². The smallest absolute Gasteiger partial charge is 0.416 e. The summed E-state index contributed by atoms with van der Waals surface area (Å²) in [6.07, 6.45) is -3.85. The van der Waals surface area contributed by atoms with E-state index in [2.05, 4.69) is 10.3 Å². The highest BCUT2D eigenvalue weighted by atomic mass is 35.5. The van der Waals surface area contributed by atoms with Crippen molar-refractivity contribution < 1.29 is 31.5 Å². The number of carboxylic acid groups (broad SMARTS) is 1. The third kappa shape index (κ3) is 6.37. The largest absolute Gasteiger partial charge is 0.465 e. The summed E-state index contributed by atoms with van der Waals surface area (Å²) in [6, 6.07) is 4.36. The Kier molecular flexibility index (Phi) is 8.69. The van der Waals surface area contributed by atoms with Crippen LogP contribution in [0.2, 0.25) is 10.0 Å². The fraction of sp³-hybridized carbons (Fsp3) is 0.400. The lowest BCUT2D eigenvalue weighted by Gasteiger charge is -2.33. The summed E-state index contributed by atoms with van der Waals surface area (Å²) >= 11 is 12.5. The molecule has 1 saturated heterocycles. The molecule has 1 aromatic heterocycles. The predicted octanol–water partition coefficient (Wildman–Crippen LogP) is 4.80. The quantitative estimate of drug-likeness (QED) is 0.389. The van der Waals surface area contributed by atoms with E-state index in [0.29, 0.717) is 25.5 Å². The number of nitrogens with zero attached hydrogens (tertiary/aromatic N) is 3. The number of carbonyl (C=O) groups is 1. The number of rotatable bonds is 7. The molecule has 2 N–H and O–H groups in total. The molecule has 1 atom stereocenters. The summed E-state index contributed by atoms with van der Waals surface area (Å²) in [6.45, 7) is 1.55. The number of halogens is 5. The van der Waals surface area contributed by atoms with Gasteiger partial charge in [-0.1, -0.05) is 30.1 Å². The van der Waals surface area contributed by atoms with Crippen molar-refractivity contribution >= 4 is 50.0 Å². The van der Waals surface area contributed by atoms with Gasteiger partial charge in [0.25, 0.3) is 5.56 Å². The van der Waals surface area contributed by atoms with Gasteiger partial charge in [-0.05, 0) is 54.8 Å². The van der Waals surface area contributed by atoms with Crippen LogP contribution in [0.5, 0.6) is 0 Å². The van der Waals surface area contributed by atoms with Crippen LogP contribution in [-0.2, 0) is 29.1 Å². The average molecular weight is 621 g/mol. The molecule has 1 amide bonds. The average Bonchev–Trinajstić information content (AvgIpc) is 2.86. The first-order valence-electron chi connectivity index (χ1n) is 12.2. The summed E-state index contributed by atoms with van der Waals surface area (Å²) in [5.41, 5.74) is -2.16. The number of nitrogens with one attached hydrogen (secondary N) is 1. The van der Waals surface area contributed by atoms with Gasteiger partial charge >= 0.3 is 12.3 Å². The Morgan fingerprint density at radius 1 is 1.23 bits per heavy atom. The van der Waals surface area contributed by atoms with Crippen molar-refractivity contribution in [2.45, 2.75) is 50.0 Å². The topological polar surface area (TPSA) is 122 Å². The van der Waals surface area contributed by atoms with Gasteiger partial charge in [-0.2, -0.15) is 13.2 Å². The Labute approximate surface area is 237 Å². The first-order valence-corrected chi connectivity index (χ1v) is 14.6. The molecule has 0 bridgehead atoms. The number of likely N-dealkylation sites (tertiary alicyclic amines) is 1. The van der Waals surface area contributed by atoms with E-state index in [1.807, 2.05) is 0 Å². The molecular weight excluding hydrogens is 596 g/mol. The Balaban J connectivity index is 1.78. The normalized spacial score (nSPS) is 16.8. The second-order valence-electron chi connectivity index (χ2n) is 9.47. The Morgan fingerprint density at radius 3 is 2.60 bits per heavy atom. The maximum Gasteiger partial charge on any atom is 0.416 e. The second kappa shape index (κ2) is 11.6. The molecule has 0 aliphatic carbocycles. The fourth-order valence-corrected chi connectivity index (χ4v) is 6.47. The van der Waals surface area contributed by atoms with Crippen molar-refractivity contribution in [1.29, 1.82) is 0 Å². The van der Waals surface area contributed by atoms with Gasteiger partial charge in [0.15, 0.2) is 9.84 Å². The number of aromatic nitrogens is 2. The first kappa shape index (κ1) is 30.1. The molecular formula is C25H25Cl2F3N4O5S. The van der Waals surface area contributed by atoms with Crippen molar-refractivity contribution in [3.63, 3.8) is 0 Å². The maximum atomic E-state index is 14.2. The van der Waals surface area contributed by atoms with E-state index >= 15 is 0 Å². The van der Waals surface area contributed by atoms with Crippen LogP contribution in [0.3, 0.4) is 0 Å². The monoisotopic (exact) mass is 620 g/mol. The number of hydrogen-bond donors (Lipinski definition) is 2. The van der Waals surface area contributed by atoms with Crippen LogP contribution >= 0.6 is 23.2 Å². The van der Waals surface area contributed by atoms with Gasteiger partial charge in [0.1, 0.15) is 0 Å². The lowest BCUT2D eigenvalue weighted by Crippen LogP contribution is -2.47. The molecule has 0 unspecified atom stereocenters. The number of fused-ring (bicyclic) bond motifs is 1. The van der Waals surface area contributed by atoms with Crippen molar-refractivity contribution in [1.82, 2.24) is 19.8 Å². The predicted molar refractivity (Wildman–Crippen MR) is 144 cm³/mol. The Bertz CT molecular complexity index is 1630. The maximum absolute atomic E-state index is 14.2. The zero-order valence-electron chi connectivity index (χ0n) is 21.1. The van der Waals surface area contributed by atoms with E-state index in [0.717, 1.165) is 10.9 Å². The molecule has 216 valence electrons. The summed E-state index contributed by atoms with van der Waals surface area (Å²) in [4.78, 5) is 30.2. The molecule has 1 aliphatic rings. The highest BCUT2D eigenvalue weighted by molar-refractivity contribution is 7.91. The van der Waals surface area contributed by atoms with Crippen LogP contribution in [0.25, 0.3) is 10.9 Å². The summed E-state index contributed by atoms with van der Waals surface area (Å²) in [5, 5.41) is 10.9. The molecule has 4 rings (SSSR count). The molecule has 40 heavy (non-hydrogen) atoms. The Hall–Kier alpha value is -2.87. The van der Waals surface area contributed by atoms with Crippen LogP contribution < -0.4 is 10.9 Å². The number of hydrogen-bond acceptors (Lipinski definition) is 6. The third-order valence-corrected chi connectivity index (χ3v) is 9.23. The fourth-order valence-electron chi connectivity index (χ4n) is 4.85. The van der Waals surface area contributed by atoms with Crippen LogP contribution in [0.15, 0.2) is 40.3 Å². The number of piperidine rings is 1. The molecule has 9 nitrogen and oxygen atoms in total. The summed E-state index contributed by atoms with van der Waals surface area (Å²) in [7, 11) is -3.69. The molecule has 0 saturated carbocycles. The minimum atomic E-state index is -4.86. The molecule has 2 aromatic carbocycles. The third-order valence-electron chi connectivity index (χ3n) is 6.76. The minimum absolute atomic E-state index is 0.0482. The molecule has 2 heterocycles. The van der Waals surface area contributed by atoms with E-state index < -0.39 is 39.3 Å². The van der Waals surface area contributed by atoms with Crippen molar-refractivity contribution in [2.24, 2.45) is 0 Å². The molecule has 1 aliphatic heterocycles. The van der Waals surface area contributed by atoms with E-state index in [4.69, 9.17) is 28.3 Å². The van der Waals surface area contributed by atoms with Gasteiger partial charge in [-0.15, -0.1) is 0 Å². The lowest BCUT2D eigenvalue weighted by molar-refractivity contribution is -0.138. The molecule has 1 fully saturated rings. The van der Waals surface area contributed by atoms with Crippen LogP contribution in [0.4, 0.5) is 18.0 Å². The van der Waals surface area contributed by atoms with E-state index in [1.165, 1.54) is 25.1 Å². The SMILES string of the molecule is CCS(=O)(=O)c1ccc(Cl)cc1Cn1cnc2c(Cl)c(CN3CCC[C@@H](NC(=O)O)C3)c(C(F)(F)F)cc2c1=O. The van der Waals surface area contributed by atoms with Gasteiger partial charge in [0.2, 0.25) is 0 Å². The number of amides is 1. The number of alkyl halides is 3. The van der Waals surface area contributed by atoms with Crippen molar-refractivity contribution in [3.8, 4) is 0 Å². The van der Waals surface area contributed by atoms with Gasteiger partial charge in [-0.3, -0.25) is 14.3 Å². The van der Waals surface area contributed by atoms with Crippen LogP contribution in [0, 0.1) is 0 Å². The highest BCUT2D eigenvalue weighted by Gasteiger charge is 2.37. The highest BCUT2D eigenvalue weighted by Crippen LogP contribution is 2.39. The van der Waals surface area contributed by atoms with Crippen molar-refractivity contribution in [2.75, 3.05) is 18.8 Å². The van der Waals surface area contributed by atoms with Gasteiger partial charge in [0, 0.05) is 24.2 Å². The van der Waals surface area contributed by atoms with E-state index in [1.54, 1.807) is 4.90 Å². The Morgan fingerprint density at radius 2 is 1.95 bits per heavy atom. The second-order valence-corrected chi connectivity index (χ2v) is 12.5. The van der Waals surface area contributed by atoms with Crippen LogP contribution in [-0.4, -0.2) is 59.0 Å².